The second-order valence-corrected chi connectivity index (χ2v) is 5.97. The van der Waals surface area contributed by atoms with Crippen LogP contribution in [0, 0.1) is 0 Å². The average Bonchev–Trinajstić information content (AvgIpc) is 2.71. The highest BCUT2D eigenvalue weighted by atomic mass is 79.9. The van der Waals surface area contributed by atoms with Gasteiger partial charge in [-0.2, -0.15) is 0 Å². The number of rotatable bonds is 1. The molecule has 90 valence electrons. The summed E-state index contributed by atoms with van der Waals surface area (Å²) in [5.74, 6) is 0.646. The van der Waals surface area contributed by atoms with E-state index in [-0.39, 0.29) is 0 Å². The smallest absolute Gasteiger partial charge is 0.234 e. The van der Waals surface area contributed by atoms with Crippen LogP contribution in [0.5, 0.6) is 0 Å². The van der Waals surface area contributed by atoms with E-state index in [0.29, 0.717) is 10.8 Å². The molecule has 0 fully saturated rings. The Kier molecular flexibility index (Phi) is 3.13. The molecule has 0 saturated carbocycles. The molecule has 6 heteroatoms. The largest absolute Gasteiger partial charge is 0.289 e. The van der Waals surface area contributed by atoms with Gasteiger partial charge in [0.15, 0.2) is 0 Å². The molecule has 0 bridgehead atoms. The van der Waals surface area contributed by atoms with Crippen molar-refractivity contribution in [2.24, 2.45) is 0 Å². The standard InChI is InChI=1S/C12H6Br2ClN3/c13-7-1-2-9(10(15)3-7)11-6-18-5-8(14)4-16-12(18)17-11/h1-6H. The summed E-state index contributed by atoms with van der Waals surface area (Å²) in [6.45, 7) is 0. The molecule has 2 aromatic heterocycles. The Morgan fingerprint density at radius 1 is 1.11 bits per heavy atom. The molecular formula is C12H6Br2ClN3. The molecule has 1 aromatic carbocycles. The van der Waals surface area contributed by atoms with Crippen molar-refractivity contribution in [2.45, 2.75) is 0 Å². The molecule has 2 heterocycles. The predicted molar refractivity (Wildman–Crippen MR) is 78.8 cm³/mol. The first-order valence-electron chi connectivity index (χ1n) is 5.09. The lowest BCUT2D eigenvalue weighted by Crippen LogP contribution is -1.85. The van der Waals surface area contributed by atoms with Crippen LogP contribution < -0.4 is 0 Å². The molecular weight excluding hydrogens is 381 g/mol. The summed E-state index contributed by atoms with van der Waals surface area (Å²) in [7, 11) is 0. The van der Waals surface area contributed by atoms with Gasteiger partial charge >= 0.3 is 0 Å². The predicted octanol–water partition coefficient (Wildman–Crippen LogP) is 4.57. The number of benzene rings is 1. The minimum Gasteiger partial charge on any atom is -0.289 e. The molecule has 0 saturated heterocycles. The molecule has 0 radical (unpaired) electrons. The lowest BCUT2D eigenvalue weighted by Gasteiger charge is -2.00. The average molecular weight is 387 g/mol. The van der Waals surface area contributed by atoms with Crippen LogP contribution in [0.1, 0.15) is 0 Å². The fourth-order valence-corrected chi connectivity index (χ4v) is 2.78. The molecule has 3 rings (SSSR count). The van der Waals surface area contributed by atoms with Crippen molar-refractivity contribution >= 4 is 49.2 Å². The number of aromatic nitrogens is 3. The van der Waals surface area contributed by atoms with Gasteiger partial charge in [0.2, 0.25) is 5.78 Å². The van der Waals surface area contributed by atoms with Gasteiger partial charge in [-0.15, -0.1) is 0 Å². The van der Waals surface area contributed by atoms with Gasteiger partial charge in [-0.05, 0) is 28.1 Å². The Balaban J connectivity index is 2.19. The van der Waals surface area contributed by atoms with Crippen molar-refractivity contribution in [1.82, 2.24) is 14.4 Å². The van der Waals surface area contributed by atoms with Gasteiger partial charge in [0.1, 0.15) is 0 Å². The fourth-order valence-electron chi connectivity index (χ4n) is 1.69. The molecule has 0 N–H and O–H groups in total. The van der Waals surface area contributed by atoms with Crippen molar-refractivity contribution in [2.75, 3.05) is 0 Å². The van der Waals surface area contributed by atoms with Crippen LogP contribution in [0.15, 0.2) is 45.7 Å². The summed E-state index contributed by atoms with van der Waals surface area (Å²) in [6.07, 6.45) is 5.53. The van der Waals surface area contributed by atoms with Gasteiger partial charge < -0.3 is 0 Å². The second-order valence-electron chi connectivity index (χ2n) is 3.73. The summed E-state index contributed by atoms with van der Waals surface area (Å²) < 4.78 is 3.71. The summed E-state index contributed by atoms with van der Waals surface area (Å²) in [5.41, 5.74) is 1.69. The van der Waals surface area contributed by atoms with Crippen LogP contribution in [0.3, 0.4) is 0 Å². The van der Waals surface area contributed by atoms with Crippen molar-refractivity contribution < 1.29 is 0 Å². The highest BCUT2D eigenvalue weighted by molar-refractivity contribution is 9.10. The van der Waals surface area contributed by atoms with Crippen molar-refractivity contribution in [3.63, 3.8) is 0 Å². The second kappa shape index (κ2) is 4.64. The first-order valence-corrected chi connectivity index (χ1v) is 7.05. The molecule has 0 aliphatic rings. The van der Waals surface area contributed by atoms with Gasteiger partial charge in [-0.3, -0.25) is 4.40 Å². The van der Waals surface area contributed by atoms with Crippen LogP contribution in [-0.4, -0.2) is 14.4 Å². The van der Waals surface area contributed by atoms with E-state index in [9.17, 15) is 0 Å². The Hall–Kier alpha value is -0.910. The highest BCUT2D eigenvalue weighted by Gasteiger charge is 2.09. The van der Waals surface area contributed by atoms with E-state index < -0.39 is 0 Å². The maximum Gasteiger partial charge on any atom is 0.234 e. The lowest BCUT2D eigenvalue weighted by atomic mass is 10.2. The van der Waals surface area contributed by atoms with Crippen molar-refractivity contribution in [3.05, 3.63) is 50.8 Å². The number of halogens is 3. The Labute approximate surface area is 125 Å². The minimum absolute atomic E-state index is 0.646. The van der Waals surface area contributed by atoms with E-state index >= 15 is 0 Å². The van der Waals surface area contributed by atoms with Gasteiger partial charge in [-0.25, -0.2) is 9.97 Å². The zero-order valence-electron chi connectivity index (χ0n) is 8.94. The zero-order chi connectivity index (χ0) is 12.7. The molecule has 0 amide bonds. The van der Waals surface area contributed by atoms with E-state index in [1.54, 1.807) is 6.20 Å². The monoisotopic (exact) mass is 385 g/mol. The first-order chi connectivity index (χ1) is 8.63. The van der Waals surface area contributed by atoms with Crippen LogP contribution in [0.4, 0.5) is 0 Å². The number of fused-ring (bicyclic) bond motifs is 1. The first kappa shape index (κ1) is 12.1. The molecule has 0 spiro atoms. The summed E-state index contributed by atoms with van der Waals surface area (Å²) >= 11 is 13.0. The van der Waals surface area contributed by atoms with Crippen molar-refractivity contribution in [3.8, 4) is 11.3 Å². The van der Waals surface area contributed by atoms with Crippen LogP contribution >= 0.6 is 43.5 Å². The minimum atomic E-state index is 0.646. The maximum absolute atomic E-state index is 6.21. The van der Waals surface area contributed by atoms with E-state index in [1.807, 2.05) is 35.0 Å². The quantitative estimate of drug-likeness (QED) is 0.612. The van der Waals surface area contributed by atoms with Crippen LogP contribution in [0.2, 0.25) is 5.02 Å². The van der Waals surface area contributed by atoms with E-state index in [2.05, 4.69) is 41.8 Å². The number of hydrogen-bond acceptors (Lipinski definition) is 2. The molecule has 0 atom stereocenters. The lowest BCUT2D eigenvalue weighted by molar-refractivity contribution is 1.10. The third-order valence-corrected chi connectivity index (χ3v) is 3.70. The summed E-state index contributed by atoms with van der Waals surface area (Å²) in [5, 5.41) is 0.659. The molecule has 0 aliphatic carbocycles. The van der Waals surface area contributed by atoms with E-state index in [1.165, 1.54) is 0 Å². The van der Waals surface area contributed by atoms with Gasteiger partial charge in [0.25, 0.3) is 0 Å². The molecule has 18 heavy (non-hydrogen) atoms. The molecule has 3 aromatic rings. The van der Waals surface area contributed by atoms with E-state index in [0.717, 1.165) is 20.2 Å². The number of imidazole rings is 1. The summed E-state index contributed by atoms with van der Waals surface area (Å²) in [6, 6.07) is 5.72. The normalized spacial score (nSPS) is 11.1. The Bertz CT molecular complexity index is 739. The maximum atomic E-state index is 6.21. The Morgan fingerprint density at radius 2 is 1.94 bits per heavy atom. The molecule has 0 unspecified atom stereocenters. The Morgan fingerprint density at radius 3 is 2.72 bits per heavy atom. The van der Waals surface area contributed by atoms with Crippen LogP contribution in [0.25, 0.3) is 17.0 Å². The van der Waals surface area contributed by atoms with Crippen LogP contribution in [-0.2, 0) is 0 Å². The third kappa shape index (κ3) is 2.18. The topological polar surface area (TPSA) is 30.2 Å². The van der Waals surface area contributed by atoms with Gasteiger partial charge in [-0.1, -0.05) is 33.6 Å². The number of hydrogen-bond donors (Lipinski definition) is 0. The summed E-state index contributed by atoms with van der Waals surface area (Å²) in [4.78, 5) is 8.67. The number of nitrogens with zero attached hydrogens (tertiary/aromatic N) is 3. The van der Waals surface area contributed by atoms with Crippen molar-refractivity contribution in [1.29, 1.82) is 0 Å². The van der Waals surface area contributed by atoms with Gasteiger partial charge in [0.05, 0.1) is 15.2 Å². The van der Waals surface area contributed by atoms with E-state index in [4.69, 9.17) is 11.6 Å². The highest BCUT2D eigenvalue weighted by Crippen LogP contribution is 2.29. The SMILES string of the molecule is Clc1cc(Br)ccc1-c1cn2cc(Br)cnc2n1. The van der Waals surface area contributed by atoms with Gasteiger partial charge in [0, 0.05) is 28.6 Å². The molecule has 0 aliphatic heterocycles. The zero-order valence-corrected chi connectivity index (χ0v) is 12.9. The third-order valence-electron chi connectivity index (χ3n) is 2.49. The fraction of sp³-hybridized carbons (Fsp3) is 0. The molecule has 3 nitrogen and oxygen atoms in total.